The molecule has 134 valence electrons. The average Bonchev–Trinajstić information content (AvgIpc) is 2.72. The fraction of sp³-hybridized carbons (Fsp3) is 0.0909. The Morgan fingerprint density at radius 2 is 1.59 bits per heavy atom. The van der Waals surface area contributed by atoms with Gasteiger partial charge in [0.15, 0.2) is 0 Å². The zero-order valence-electron chi connectivity index (χ0n) is 14.5. The fourth-order valence-electron chi connectivity index (χ4n) is 2.39. The molecule has 0 aliphatic rings. The maximum Gasteiger partial charge on any atom is 0.143 e. The van der Waals surface area contributed by atoms with Crippen molar-refractivity contribution in [2.45, 2.75) is 13.2 Å². The molecule has 0 bridgehead atoms. The maximum atomic E-state index is 13.6. The SMILES string of the molecule is N#Cc1ccccc1CO/N=C\c1ccc(OCc2ccccc2F)cc1. The second-order valence-electron chi connectivity index (χ2n) is 5.73. The van der Waals surface area contributed by atoms with Gasteiger partial charge in [-0.15, -0.1) is 0 Å². The van der Waals surface area contributed by atoms with E-state index in [1.807, 2.05) is 24.3 Å². The summed E-state index contributed by atoms with van der Waals surface area (Å²) in [5.74, 6) is 0.357. The number of halogens is 1. The van der Waals surface area contributed by atoms with Gasteiger partial charge in [-0.05, 0) is 42.0 Å². The Bertz CT molecular complexity index is 963. The average molecular weight is 360 g/mol. The number of rotatable bonds is 7. The van der Waals surface area contributed by atoms with Crippen molar-refractivity contribution in [1.29, 1.82) is 5.26 Å². The standard InChI is InChI=1S/C22H17FN2O2/c23-22-8-4-3-7-20(22)15-26-21-11-9-17(10-12-21)14-25-27-16-19-6-2-1-5-18(19)13-24/h1-12,14H,15-16H2/b25-14-. The van der Waals surface area contributed by atoms with E-state index in [-0.39, 0.29) is 19.0 Å². The van der Waals surface area contributed by atoms with E-state index in [0.717, 1.165) is 11.1 Å². The number of nitrogens with zero attached hydrogens (tertiary/aromatic N) is 2. The summed E-state index contributed by atoms with van der Waals surface area (Å²) >= 11 is 0. The van der Waals surface area contributed by atoms with Crippen LogP contribution in [0.4, 0.5) is 4.39 Å². The molecule has 0 atom stereocenters. The molecule has 0 spiro atoms. The lowest BCUT2D eigenvalue weighted by Crippen LogP contribution is -1.98. The van der Waals surface area contributed by atoms with Gasteiger partial charge in [0.25, 0.3) is 0 Å². The number of oxime groups is 1. The molecule has 0 heterocycles. The topological polar surface area (TPSA) is 54.6 Å². The van der Waals surface area contributed by atoms with E-state index in [4.69, 9.17) is 14.8 Å². The van der Waals surface area contributed by atoms with Crippen molar-refractivity contribution >= 4 is 6.21 Å². The summed E-state index contributed by atoms with van der Waals surface area (Å²) in [6, 6.07) is 23.1. The highest BCUT2D eigenvalue weighted by Gasteiger charge is 2.02. The summed E-state index contributed by atoms with van der Waals surface area (Å²) < 4.78 is 19.2. The van der Waals surface area contributed by atoms with E-state index in [2.05, 4.69) is 11.2 Å². The summed E-state index contributed by atoms with van der Waals surface area (Å²) in [5, 5.41) is 13.0. The minimum absolute atomic E-state index is 0.168. The summed E-state index contributed by atoms with van der Waals surface area (Å²) in [6.45, 7) is 0.394. The van der Waals surface area contributed by atoms with Crippen molar-refractivity contribution < 1.29 is 14.0 Å². The highest BCUT2D eigenvalue weighted by atomic mass is 19.1. The van der Waals surface area contributed by atoms with Crippen LogP contribution in [0.15, 0.2) is 78.0 Å². The van der Waals surface area contributed by atoms with E-state index in [0.29, 0.717) is 16.9 Å². The molecule has 0 radical (unpaired) electrons. The first kappa shape index (κ1) is 18.2. The zero-order chi connectivity index (χ0) is 18.9. The molecule has 5 heteroatoms. The Morgan fingerprint density at radius 1 is 0.889 bits per heavy atom. The molecular weight excluding hydrogens is 343 g/mol. The van der Waals surface area contributed by atoms with Gasteiger partial charge in [-0.1, -0.05) is 41.6 Å². The molecule has 0 aliphatic carbocycles. The largest absolute Gasteiger partial charge is 0.489 e. The van der Waals surface area contributed by atoms with Crippen LogP contribution in [0.5, 0.6) is 5.75 Å². The van der Waals surface area contributed by atoms with E-state index < -0.39 is 0 Å². The number of hydrogen-bond acceptors (Lipinski definition) is 4. The van der Waals surface area contributed by atoms with Gasteiger partial charge < -0.3 is 9.57 Å². The van der Waals surface area contributed by atoms with Crippen molar-refractivity contribution in [3.63, 3.8) is 0 Å². The Balaban J connectivity index is 1.51. The number of benzene rings is 3. The summed E-state index contributed by atoms with van der Waals surface area (Å²) in [5.41, 5.74) is 2.70. The molecule has 0 aliphatic heterocycles. The maximum absolute atomic E-state index is 13.6. The van der Waals surface area contributed by atoms with Crippen LogP contribution in [0.3, 0.4) is 0 Å². The number of ether oxygens (including phenoxy) is 1. The molecule has 0 saturated carbocycles. The molecule has 27 heavy (non-hydrogen) atoms. The summed E-state index contributed by atoms with van der Waals surface area (Å²) in [4.78, 5) is 5.26. The molecule has 4 nitrogen and oxygen atoms in total. The molecule has 0 aromatic heterocycles. The van der Waals surface area contributed by atoms with Gasteiger partial charge in [0.1, 0.15) is 24.8 Å². The van der Waals surface area contributed by atoms with Crippen LogP contribution < -0.4 is 4.74 Å². The molecule has 0 amide bonds. The second kappa shape index (κ2) is 9.16. The van der Waals surface area contributed by atoms with Gasteiger partial charge in [0, 0.05) is 11.1 Å². The first-order valence-electron chi connectivity index (χ1n) is 8.36. The van der Waals surface area contributed by atoms with E-state index in [1.54, 1.807) is 48.7 Å². The van der Waals surface area contributed by atoms with Gasteiger partial charge in [0.05, 0.1) is 17.8 Å². The third-order valence-electron chi connectivity index (χ3n) is 3.87. The lowest BCUT2D eigenvalue weighted by molar-refractivity contribution is 0.132. The Labute approximate surface area is 157 Å². The number of hydrogen-bond donors (Lipinski definition) is 0. The van der Waals surface area contributed by atoms with Crippen molar-refractivity contribution in [2.24, 2.45) is 5.16 Å². The normalized spacial score (nSPS) is 10.5. The quantitative estimate of drug-likeness (QED) is 0.448. The van der Waals surface area contributed by atoms with Crippen LogP contribution in [-0.4, -0.2) is 6.21 Å². The van der Waals surface area contributed by atoms with Crippen LogP contribution in [-0.2, 0) is 18.1 Å². The van der Waals surface area contributed by atoms with Gasteiger partial charge in [-0.3, -0.25) is 0 Å². The predicted octanol–water partition coefficient (Wildman–Crippen LogP) is 4.83. The fourth-order valence-corrected chi connectivity index (χ4v) is 2.39. The monoisotopic (exact) mass is 360 g/mol. The third-order valence-corrected chi connectivity index (χ3v) is 3.87. The lowest BCUT2D eigenvalue weighted by Gasteiger charge is -2.07. The van der Waals surface area contributed by atoms with Gasteiger partial charge in [-0.2, -0.15) is 5.26 Å². The molecule has 0 saturated heterocycles. The van der Waals surface area contributed by atoms with Crippen molar-refractivity contribution in [3.8, 4) is 11.8 Å². The smallest absolute Gasteiger partial charge is 0.143 e. The summed E-state index contributed by atoms with van der Waals surface area (Å²) in [7, 11) is 0. The summed E-state index contributed by atoms with van der Waals surface area (Å²) in [6.07, 6.45) is 1.58. The van der Waals surface area contributed by atoms with E-state index in [9.17, 15) is 4.39 Å². The minimum Gasteiger partial charge on any atom is -0.489 e. The van der Waals surface area contributed by atoms with Crippen LogP contribution in [0, 0.1) is 17.1 Å². The molecular formula is C22H17FN2O2. The number of nitriles is 1. The van der Waals surface area contributed by atoms with Gasteiger partial charge in [-0.25, -0.2) is 4.39 Å². The molecule has 0 unspecified atom stereocenters. The minimum atomic E-state index is -0.281. The second-order valence-corrected chi connectivity index (χ2v) is 5.73. The van der Waals surface area contributed by atoms with Crippen molar-refractivity contribution in [2.75, 3.05) is 0 Å². The molecule has 3 aromatic carbocycles. The van der Waals surface area contributed by atoms with Crippen LogP contribution >= 0.6 is 0 Å². The molecule has 3 rings (SSSR count). The van der Waals surface area contributed by atoms with Crippen LogP contribution in [0.1, 0.15) is 22.3 Å². The van der Waals surface area contributed by atoms with E-state index in [1.165, 1.54) is 6.07 Å². The van der Waals surface area contributed by atoms with Crippen LogP contribution in [0.25, 0.3) is 0 Å². The third kappa shape index (κ3) is 5.16. The first-order valence-corrected chi connectivity index (χ1v) is 8.36. The first-order chi connectivity index (χ1) is 13.3. The van der Waals surface area contributed by atoms with Crippen molar-refractivity contribution in [3.05, 3.63) is 101 Å². The molecule has 3 aromatic rings. The predicted molar refractivity (Wildman–Crippen MR) is 101 cm³/mol. The highest BCUT2D eigenvalue weighted by Crippen LogP contribution is 2.15. The van der Waals surface area contributed by atoms with Crippen LogP contribution in [0.2, 0.25) is 0 Å². The zero-order valence-corrected chi connectivity index (χ0v) is 14.5. The van der Waals surface area contributed by atoms with E-state index >= 15 is 0 Å². The Morgan fingerprint density at radius 3 is 2.33 bits per heavy atom. The molecule has 0 fully saturated rings. The van der Waals surface area contributed by atoms with Gasteiger partial charge >= 0.3 is 0 Å². The lowest BCUT2D eigenvalue weighted by atomic mass is 10.1. The van der Waals surface area contributed by atoms with Crippen molar-refractivity contribution in [1.82, 2.24) is 0 Å². The molecule has 0 N–H and O–H groups in total. The van der Waals surface area contributed by atoms with Gasteiger partial charge in [0.2, 0.25) is 0 Å². The highest BCUT2D eigenvalue weighted by molar-refractivity contribution is 5.79. The Hall–Kier alpha value is -3.65. The Kier molecular flexibility index (Phi) is 6.16.